The molecule has 3 heterocycles. The van der Waals surface area contributed by atoms with Crippen molar-refractivity contribution in [3.63, 3.8) is 0 Å². The Morgan fingerprint density at radius 2 is 2.27 bits per heavy atom. The van der Waals surface area contributed by atoms with E-state index in [2.05, 4.69) is 20.3 Å². The molecule has 1 aliphatic heterocycles. The lowest BCUT2D eigenvalue weighted by Crippen LogP contribution is -2.24. The molecule has 0 unspecified atom stereocenters. The lowest BCUT2D eigenvalue weighted by molar-refractivity contribution is 0.102. The molecule has 3 rings (SSSR count). The molecule has 1 aliphatic rings. The van der Waals surface area contributed by atoms with E-state index in [0.717, 1.165) is 0 Å². The first-order valence-electron chi connectivity index (χ1n) is 6.73. The zero-order valence-corrected chi connectivity index (χ0v) is 12.6. The number of hydrogen-bond donors (Lipinski definition) is 1. The highest BCUT2D eigenvalue weighted by molar-refractivity contribution is 6.33. The second kappa shape index (κ2) is 5.88. The number of amides is 1. The second-order valence-electron chi connectivity index (χ2n) is 5.07. The van der Waals surface area contributed by atoms with Crippen molar-refractivity contribution in [2.45, 2.75) is 12.6 Å². The maximum atomic E-state index is 13.4. The molecular formula is C13H14ClFN6O. The third-order valence-electron chi connectivity index (χ3n) is 3.39. The topological polar surface area (TPSA) is 75.9 Å². The fraction of sp³-hybridized carbons (Fsp3) is 0.385. The molecule has 0 bridgehead atoms. The fourth-order valence-corrected chi connectivity index (χ4v) is 2.50. The molecule has 0 radical (unpaired) electrons. The average molecular weight is 325 g/mol. The third kappa shape index (κ3) is 2.87. The Bertz CT molecular complexity index is 706. The first-order valence-corrected chi connectivity index (χ1v) is 7.11. The highest BCUT2D eigenvalue weighted by Crippen LogP contribution is 2.32. The smallest absolute Gasteiger partial charge is 0.276 e. The van der Waals surface area contributed by atoms with Crippen molar-refractivity contribution < 1.29 is 9.18 Å². The number of rotatable bonds is 3. The van der Waals surface area contributed by atoms with Crippen LogP contribution in [-0.2, 0) is 7.05 Å². The SMILES string of the molecule is Cn1cnc(C(=O)Nc2c(Cl)ncnc2N2CC[C@H](F)C2)c1. The lowest BCUT2D eigenvalue weighted by atomic mass is 10.3. The number of halogens is 2. The largest absolute Gasteiger partial charge is 0.352 e. The van der Waals surface area contributed by atoms with E-state index in [1.165, 1.54) is 12.7 Å². The van der Waals surface area contributed by atoms with Crippen molar-refractivity contribution in [1.29, 1.82) is 0 Å². The Morgan fingerprint density at radius 3 is 2.91 bits per heavy atom. The molecule has 0 aliphatic carbocycles. The van der Waals surface area contributed by atoms with Crippen LogP contribution in [-0.4, -0.2) is 44.7 Å². The Hall–Kier alpha value is -2.22. The van der Waals surface area contributed by atoms with Crippen LogP contribution in [0.3, 0.4) is 0 Å². The van der Waals surface area contributed by atoms with E-state index in [9.17, 15) is 9.18 Å². The summed E-state index contributed by atoms with van der Waals surface area (Å²) < 4.78 is 15.1. The molecule has 116 valence electrons. The summed E-state index contributed by atoms with van der Waals surface area (Å²) in [7, 11) is 1.76. The zero-order chi connectivity index (χ0) is 15.7. The summed E-state index contributed by atoms with van der Waals surface area (Å²) in [6.45, 7) is 0.737. The minimum Gasteiger partial charge on any atom is -0.352 e. The van der Waals surface area contributed by atoms with Crippen LogP contribution in [0.2, 0.25) is 5.15 Å². The van der Waals surface area contributed by atoms with Gasteiger partial charge in [-0.3, -0.25) is 4.79 Å². The maximum absolute atomic E-state index is 13.4. The van der Waals surface area contributed by atoms with Gasteiger partial charge in [0.25, 0.3) is 5.91 Å². The molecule has 9 heteroatoms. The highest BCUT2D eigenvalue weighted by atomic mass is 35.5. The lowest BCUT2D eigenvalue weighted by Gasteiger charge is -2.20. The predicted octanol–water partition coefficient (Wildman–Crippen LogP) is 1.66. The highest BCUT2D eigenvalue weighted by Gasteiger charge is 2.27. The van der Waals surface area contributed by atoms with Gasteiger partial charge in [0.05, 0.1) is 12.9 Å². The molecule has 7 nitrogen and oxygen atoms in total. The minimum atomic E-state index is -0.909. The van der Waals surface area contributed by atoms with Crippen LogP contribution in [0.1, 0.15) is 16.9 Å². The van der Waals surface area contributed by atoms with E-state index in [0.29, 0.717) is 18.8 Å². The van der Waals surface area contributed by atoms with Crippen molar-refractivity contribution >= 4 is 29.0 Å². The fourth-order valence-electron chi connectivity index (χ4n) is 2.32. The van der Waals surface area contributed by atoms with E-state index in [1.54, 1.807) is 22.7 Å². The van der Waals surface area contributed by atoms with Gasteiger partial charge in [-0.05, 0) is 6.42 Å². The number of aromatic nitrogens is 4. The molecule has 1 amide bonds. The molecule has 2 aromatic rings. The molecule has 1 saturated heterocycles. The van der Waals surface area contributed by atoms with Crippen LogP contribution >= 0.6 is 11.6 Å². The number of nitrogens with zero attached hydrogens (tertiary/aromatic N) is 5. The summed E-state index contributed by atoms with van der Waals surface area (Å²) >= 11 is 6.07. The Morgan fingerprint density at radius 1 is 1.45 bits per heavy atom. The number of carbonyl (C=O) groups excluding carboxylic acids is 1. The van der Waals surface area contributed by atoms with E-state index >= 15 is 0 Å². The minimum absolute atomic E-state index is 0.108. The number of alkyl halides is 1. The van der Waals surface area contributed by atoms with Gasteiger partial charge in [-0.25, -0.2) is 19.3 Å². The summed E-state index contributed by atoms with van der Waals surface area (Å²) in [6.07, 6.45) is 3.91. The molecule has 0 saturated carbocycles. The van der Waals surface area contributed by atoms with Gasteiger partial charge in [-0.15, -0.1) is 0 Å². The van der Waals surface area contributed by atoms with Crippen LogP contribution in [0.25, 0.3) is 0 Å². The summed E-state index contributed by atoms with van der Waals surface area (Å²) in [4.78, 5) is 25.9. The Kier molecular flexibility index (Phi) is 3.93. The summed E-state index contributed by atoms with van der Waals surface area (Å²) in [5.74, 6) is -0.000948. The van der Waals surface area contributed by atoms with Crippen molar-refractivity contribution in [3.8, 4) is 0 Å². The molecule has 1 atom stereocenters. The average Bonchev–Trinajstić information content (AvgIpc) is 3.10. The van der Waals surface area contributed by atoms with Gasteiger partial charge in [-0.2, -0.15) is 0 Å². The van der Waals surface area contributed by atoms with Gasteiger partial charge in [0, 0.05) is 19.8 Å². The summed E-state index contributed by atoms with van der Waals surface area (Å²) in [5.41, 5.74) is 0.520. The Labute approximate surface area is 131 Å². The van der Waals surface area contributed by atoms with Crippen LogP contribution < -0.4 is 10.2 Å². The number of carbonyl (C=O) groups is 1. The van der Waals surface area contributed by atoms with E-state index in [4.69, 9.17) is 11.6 Å². The normalized spacial score (nSPS) is 17.8. The maximum Gasteiger partial charge on any atom is 0.276 e. The van der Waals surface area contributed by atoms with Crippen LogP contribution in [0.4, 0.5) is 15.9 Å². The number of aryl methyl sites for hydroxylation is 1. The second-order valence-corrected chi connectivity index (χ2v) is 5.43. The Balaban J connectivity index is 1.88. The van der Waals surface area contributed by atoms with Crippen LogP contribution in [0, 0.1) is 0 Å². The molecule has 22 heavy (non-hydrogen) atoms. The number of hydrogen-bond acceptors (Lipinski definition) is 5. The number of anilines is 2. The molecule has 2 aromatic heterocycles. The monoisotopic (exact) mass is 324 g/mol. The van der Waals surface area contributed by atoms with Gasteiger partial charge in [0.2, 0.25) is 0 Å². The van der Waals surface area contributed by atoms with Gasteiger partial charge >= 0.3 is 0 Å². The molecule has 0 aromatic carbocycles. The van der Waals surface area contributed by atoms with E-state index in [1.807, 2.05) is 0 Å². The standard InChI is InChI=1S/C13H14ClFN6O/c1-20-5-9(18-7-20)13(22)19-10-11(14)16-6-17-12(10)21-3-2-8(15)4-21/h5-8H,2-4H2,1H3,(H,19,22)/t8-/m0/s1. The van der Waals surface area contributed by atoms with Crippen molar-refractivity contribution in [2.75, 3.05) is 23.3 Å². The van der Waals surface area contributed by atoms with Crippen molar-refractivity contribution in [2.24, 2.45) is 7.05 Å². The summed E-state index contributed by atoms with van der Waals surface area (Å²) in [6, 6.07) is 0. The first kappa shape index (κ1) is 14.7. The van der Waals surface area contributed by atoms with Gasteiger partial charge < -0.3 is 14.8 Å². The molecular weight excluding hydrogens is 311 g/mol. The van der Waals surface area contributed by atoms with Crippen LogP contribution in [0.15, 0.2) is 18.9 Å². The first-order chi connectivity index (χ1) is 10.5. The molecule has 0 spiro atoms. The summed E-state index contributed by atoms with van der Waals surface area (Å²) in [5, 5.41) is 2.77. The van der Waals surface area contributed by atoms with Crippen molar-refractivity contribution in [3.05, 3.63) is 29.7 Å². The third-order valence-corrected chi connectivity index (χ3v) is 3.67. The quantitative estimate of drug-likeness (QED) is 0.869. The number of nitrogens with one attached hydrogen (secondary N) is 1. The van der Waals surface area contributed by atoms with Gasteiger partial charge in [-0.1, -0.05) is 11.6 Å². The van der Waals surface area contributed by atoms with Crippen LogP contribution in [0.5, 0.6) is 0 Å². The van der Waals surface area contributed by atoms with Gasteiger partial charge in [0.15, 0.2) is 11.0 Å². The predicted molar refractivity (Wildman–Crippen MR) is 79.9 cm³/mol. The number of imidazole rings is 1. The molecule has 1 fully saturated rings. The zero-order valence-electron chi connectivity index (χ0n) is 11.8. The molecule has 1 N–H and O–H groups in total. The van der Waals surface area contributed by atoms with E-state index < -0.39 is 12.1 Å². The van der Waals surface area contributed by atoms with E-state index in [-0.39, 0.29) is 23.1 Å². The van der Waals surface area contributed by atoms with Gasteiger partial charge in [0.1, 0.15) is 23.9 Å². The van der Waals surface area contributed by atoms with Crippen molar-refractivity contribution in [1.82, 2.24) is 19.5 Å².